The minimum Gasteiger partial charge on any atom is -0.487 e. The SMILES string of the molecule is Cc1ccc(COc2c(Cl)cc(Cl)cc2CNC2CN3CCC2CC3)cc1.Cl.Cl. The van der Waals surface area contributed by atoms with Crippen LogP contribution in [0.25, 0.3) is 0 Å². The van der Waals surface area contributed by atoms with E-state index in [4.69, 9.17) is 27.9 Å². The quantitative estimate of drug-likeness (QED) is 0.559. The van der Waals surface area contributed by atoms with E-state index in [0.29, 0.717) is 22.7 Å². The topological polar surface area (TPSA) is 24.5 Å². The van der Waals surface area contributed by atoms with Gasteiger partial charge >= 0.3 is 0 Å². The second-order valence-electron chi connectivity index (χ2n) is 7.78. The van der Waals surface area contributed by atoms with Crippen LogP contribution in [-0.4, -0.2) is 30.6 Å². The summed E-state index contributed by atoms with van der Waals surface area (Å²) in [5.74, 6) is 1.51. The molecule has 1 atom stereocenters. The molecule has 3 saturated heterocycles. The predicted molar refractivity (Wildman–Crippen MR) is 126 cm³/mol. The standard InChI is InChI=1S/C22H26Cl2N2O.2ClH/c1-15-2-4-16(5-3-15)14-27-22-18(10-19(23)11-20(22)24)12-25-21-13-26-8-6-17(21)7-9-26;;/h2-5,10-11,17,21,25H,6-9,12-14H2,1H3;2*1H. The predicted octanol–water partition coefficient (Wildman–Crippen LogP) is 5.91. The first-order valence-corrected chi connectivity index (χ1v) is 10.5. The average Bonchev–Trinajstić information content (AvgIpc) is 2.68. The maximum Gasteiger partial charge on any atom is 0.142 e. The zero-order valence-corrected chi connectivity index (χ0v) is 19.6. The van der Waals surface area contributed by atoms with Crippen LogP contribution in [0.15, 0.2) is 36.4 Å². The first-order valence-electron chi connectivity index (χ1n) is 9.70. The van der Waals surface area contributed by atoms with Crippen LogP contribution in [-0.2, 0) is 13.2 Å². The van der Waals surface area contributed by atoms with E-state index in [-0.39, 0.29) is 24.8 Å². The van der Waals surface area contributed by atoms with Crippen molar-refractivity contribution in [1.29, 1.82) is 0 Å². The van der Waals surface area contributed by atoms with Gasteiger partial charge in [-0.2, -0.15) is 0 Å². The molecular weight excluding hydrogens is 450 g/mol. The van der Waals surface area contributed by atoms with Gasteiger partial charge in [-0.1, -0.05) is 53.0 Å². The molecule has 2 bridgehead atoms. The van der Waals surface area contributed by atoms with E-state index >= 15 is 0 Å². The summed E-state index contributed by atoms with van der Waals surface area (Å²) in [5.41, 5.74) is 3.39. The highest BCUT2D eigenvalue weighted by Crippen LogP contribution is 2.34. The van der Waals surface area contributed by atoms with Crippen LogP contribution < -0.4 is 10.1 Å². The van der Waals surface area contributed by atoms with Gasteiger partial charge in [0.1, 0.15) is 12.4 Å². The molecule has 29 heavy (non-hydrogen) atoms. The third kappa shape index (κ3) is 6.16. The van der Waals surface area contributed by atoms with Gasteiger partial charge in [0.2, 0.25) is 0 Å². The molecule has 3 aliphatic rings. The largest absolute Gasteiger partial charge is 0.487 e. The van der Waals surface area contributed by atoms with Crippen molar-refractivity contribution in [2.75, 3.05) is 19.6 Å². The lowest BCUT2D eigenvalue weighted by molar-refractivity contribution is 0.0718. The Balaban J connectivity index is 0.00000150. The minimum atomic E-state index is 0. The van der Waals surface area contributed by atoms with E-state index in [0.717, 1.165) is 35.9 Å². The maximum absolute atomic E-state index is 6.47. The Morgan fingerprint density at radius 1 is 1.07 bits per heavy atom. The smallest absolute Gasteiger partial charge is 0.142 e. The molecule has 0 aliphatic carbocycles. The van der Waals surface area contributed by atoms with E-state index in [1.54, 1.807) is 6.07 Å². The van der Waals surface area contributed by atoms with Gasteiger partial charge in [-0.05, 0) is 56.5 Å². The molecule has 7 heteroatoms. The zero-order valence-electron chi connectivity index (χ0n) is 16.5. The molecule has 2 aromatic carbocycles. The number of ether oxygens (including phenoxy) is 1. The number of aryl methyl sites for hydroxylation is 1. The molecule has 160 valence electrons. The highest BCUT2D eigenvalue weighted by Gasteiger charge is 2.33. The second-order valence-corrected chi connectivity index (χ2v) is 8.62. The summed E-state index contributed by atoms with van der Waals surface area (Å²) < 4.78 is 6.11. The molecule has 1 unspecified atom stereocenters. The fraction of sp³-hybridized carbons (Fsp3) is 0.455. The molecule has 3 aliphatic heterocycles. The van der Waals surface area contributed by atoms with Crippen molar-refractivity contribution in [2.24, 2.45) is 5.92 Å². The van der Waals surface area contributed by atoms with Gasteiger partial charge in [-0.3, -0.25) is 0 Å². The minimum absolute atomic E-state index is 0. The number of halogens is 4. The van der Waals surface area contributed by atoms with Crippen LogP contribution in [0, 0.1) is 12.8 Å². The summed E-state index contributed by atoms with van der Waals surface area (Å²) in [5, 5.41) is 4.95. The monoisotopic (exact) mass is 476 g/mol. The molecule has 0 amide bonds. The van der Waals surface area contributed by atoms with Gasteiger partial charge in [-0.15, -0.1) is 24.8 Å². The van der Waals surface area contributed by atoms with Crippen molar-refractivity contribution in [2.45, 2.75) is 39.0 Å². The Morgan fingerprint density at radius 3 is 2.38 bits per heavy atom. The summed E-state index contributed by atoms with van der Waals surface area (Å²) in [6.45, 7) is 6.93. The number of nitrogens with one attached hydrogen (secondary N) is 1. The number of piperidine rings is 3. The van der Waals surface area contributed by atoms with Crippen LogP contribution in [0.3, 0.4) is 0 Å². The van der Waals surface area contributed by atoms with Crippen molar-refractivity contribution in [3.8, 4) is 5.75 Å². The Bertz CT molecular complexity index is 792. The molecule has 2 aromatic rings. The fourth-order valence-electron chi connectivity index (χ4n) is 4.18. The van der Waals surface area contributed by atoms with Gasteiger partial charge in [0, 0.05) is 29.7 Å². The van der Waals surface area contributed by atoms with Crippen molar-refractivity contribution in [1.82, 2.24) is 10.2 Å². The summed E-state index contributed by atoms with van der Waals surface area (Å²) in [6, 6.07) is 12.6. The Hall–Kier alpha value is -0.680. The fourth-order valence-corrected chi connectivity index (χ4v) is 4.77. The summed E-state index contributed by atoms with van der Waals surface area (Å²) >= 11 is 12.7. The molecule has 0 saturated carbocycles. The van der Waals surface area contributed by atoms with Gasteiger partial charge in [0.25, 0.3) is 0 Å². The Morgan fingerprint density at radius 2 is 1.76 bits per heavy atom. The third-order valence-corrected chi connectivity index (χ3v) is 6.30. The van der Waals surface area contributed by atoms with Crippen LogP contribution in [0.4, 0.5) is 0 Å². The molecule has 3 nitrogen and oxygen atoms in total. The van der Waals surface area contributed by atoms with Gasteiger partial charge < -0.3 is 15.0 Å². The normalized spacial score (nSPS) is 22.5. The average molecular weight is 478 g/mol. The number of benzene rings is 2. The van der Waals surface area contributed by atoms with Crippen molar-refractivity contribution in [3.63, 3.8) is 0 Å². The maximum atomic E-state index is 6.47. The van der Waals surface area contributed by atoms with Crippen LogP contribution in [0.2, 0.25) is 10.0 Å². The van der Waals surface area contributed by atoms with E-state index in [9.17, 15) is 0 Å². The molecule has 3 heterocycles. The zero-order chi connectivity index (χ0) is 18.8. The summed E-state index contributed by atoms with van der Waals surface area (Å²) in [6.07, 6.45) is 2.59. The van der Waals surface area contributed by atoms with Crippen molar-refractivity contribution in [3.05, 3.63) is 63.1 Å². The summed E-state index contributed by atoms with van der Waals surface area (Å²) in [4.78, 5) is 2.55. The third-order valence-electron chi connectivity index (χ3n) is 5.80. The van der Waals surface area contributed by atoms with Gasteiger partial charge in [0.15, 0.2) is 0 Å². The van der Waals surface area contributed by atoms with E-state index < -0.39 is 0 Å². The molecule has 0 aromatic heterocycles. The lowest BCUT2D eigenvalue weighted by atomic mass is 9.84. The Labute approximate surface area is 195 Å². The lowest BCUT2D eigenvalue weighted by Gasteiger charge is -2.45. The van der Waals surface area contributed by atoms with Crippen LogP contribution in [0.1, 0.15) is 29.5 Å². The Kier molecular flexibility index (Phi) is 9.40. The van der Waals surface area contributed by atoms with E-state index in [2.05, 4.69) is 41.4 Å². The number of rotatable bonds is 6. The van der Waals surface area contributed by atoms with Crippen molar-refractivity contribution < 1.29 is 4.74 Å². The van der Waals surface area contributed by atoms with E-state index in [1.165, 1.54) is 31.5 Å². The first-order chi connectivity index (χ1) is 13.1. The van der Waals surface area contributed by atoms with Gasteiger partial charge in [0.05, 0.1) is 5.02 Å². The number of fused-ring (bicyclic) bond motifs is 3. The second kappa shape index (κ2) is 11.1. The molecule has 1 N–H and O–H groups in total. The van der Waals surface area contributed by atoms with Gasteiger partial charge in [-0.25, -0.2) is 0 Å². The molecular formula is C22H28Cl4N2O. The molecule has 0 spiro atoms. The number of nitrogens with zero attached hydrogens (tertiary/aromatic N) is 1. The number of hydrogen-bond acceptors (Lipinski definition) is 3. The molecule has 0 radical (unpaired) electrons. The highest BCUT2D eigenvalue weighted by atomic mass is 35.5. The first kappa shape index (κ1) is 24.6. The van der Waals surface area contributed by atoms with Crippen LogP contribution in [0.5, 0.6) is 5.75 Å². The molecule has 3 fully saturated rings. The molecule has 5 rings (SSSR count). The lowest BCUT2D eigenvalue weighted by Crippen LogP contribution is -2.55. The van der Waals surface area contributed by atoms with Crippen LogP contribution >= 0.6 is 48.0 Å². The van der Waals surface area contributed by atoms with Crippen molar-refractivity contribution >= 4 is 48.0 Å². The number of hydrogen-bond donors (Lipinski definition) is 1. The summed E-state index contributed by atoms with van der Waals surface area (Å²) in [7, 11) is 0. The highest BCUT2D eigenvalue weighted by molar-refractivity contribution is 6.35. The van der Waals surface area contributed by atoms with E-state index in [1.807, 2.05) is 6.07 Å².